The minimum atomic E-state index is -0.121. The summed E-state index contributed by atoms with van der Waals surface area (Å²) >= 11 is 1.74. The van der Waals surface area contributed by atoms with Crippen molar-refractivity contribution in [1.82, 2.24) is 24.9 Å². The van der Waals surface area contributed by atoms with Gasteiger partial charge in [-0.15, -0.1) is 11.3 Å². The Labute approximate surface area is 183 Å². The largest absolute Gasteiger partial charge is 0.340 e. The number of carbonyl (C=O) groups is 1. The van der Waals surface area contributed by atoms with Crippen molar-refractivity contribution < 1.29 is 9.32 Å². The Balaban J connectivity index is 1.39. The predicted molar refractivity (Wildman–Crippen MR) is 119 cm³/mol. The number of rotatable bonds is 6. The zero-order chi connectivity index (χ0) is 21.9. The van der Waals surface area contributed by atoms with Gasteiger partial charge in [0.1, 0.15) is 0 Å². The van der Waals surface area contributed by atoms with E-state index in [1.165, 1.54) is 5.01 Å². The summed E-state index contributed by atoms with van der Waals surface area (Å²) < 4.78 is 5.31. The van der Waals surface area contributed by atoms with Crippen LogP contribution < -0.4 is 0 Å². The Morgan fingerprint density at radius 2 is 1.77 bits per heavy atom. The van der Waals surface area contributed by atoms with Gasteiger partial charge in [0.15, 0.2) is 5.82 Å². The fourth-order valence-electron chi connectivity index (χ4n) is 3.32. The van der Waals surface area contributed by atoms with Crippen LogP contribution in [-0.2, 0) is 28.6 Å². The molecule has 0 radical (unpaired) electrons. The van der Waals surface area contributed by atoms with Crippen molar-refractivity contribution >= 4 is 17.2 Å². The number of thiazole rings is 1. The summed E-state index contributed by atoms with van der Waals surface area (Å²) in [7, 11) is 0. The van der Waals surface area contributed by atoms with E-state index in [0.717, 1.165) is 50.7 Å². The second-order valence-corrected chi connectivity index (χ2v) is 11.0. The summed E-state index contributed by atoms with van der Waals surface area (Å²) in [6.45, 7) is 17.0. The summed E-state index contributed by atoms with van der Waals surface area (Å²) in [6, 6.07) is 0. The Bertz CT molecular complexity index is 838. The summed E-state index contributed by atoms with van der Waals surface area (Å²) in [4.78, 5) is 26.2. The lowest BCUT2D eigenvalue weighted by Crippen LogP contribution is -2.48. The molecule has 1 amide bonds. The Hall–Kier alpha value is -1.80. The van der Waals surface area contributed by atoms with Crippen molar-refractivity contribution in [2.24, 2.45) is 0 Å². The highest BCUT2D eigenvalue weighted by molar-refractivity contribution is 7.09. The van der Waals surface area contributed by atoms with Crippen molar-refractivity contribution in [2.75, 3.05) is 26.2 Å². The van der Waals surface area contributed by atoms with Crippen molar-refractivity contribution in [2.45, 2.75) is 78.2 Å². The van der Waals surface area contributed by atoms with Gasteiger partial charge in [0, 0.05) is 61.8 Å². The number of hydrogen-bond donors (Lipinski definition) is 0. The van der Waals surface area contributed by atoms with Crippen LogP contribution in [0.2, 0.25) is 0 Å². The first-order valence-electron chi connectivity index (χ1n) is 10.8. The zero-order valence-electron chi connectivity index (χ0n) is 19.2. The third-order valence-electron chi connectivity index (χ3n) is 5.22. The van der Waals surface area contributed by atoms with Gasteiger partial charge in [-0.05, 0) is 6.42 Å². The maximum Gasteiger partial charge on any atom is 0.226 e. The SMILES string of the molecule is CC(C)(C)c1noc(CCCC(=O)N2CCN(Cc3csc(C(C)(C)C)n3)CC2)n1. The second-order valence-electron chi connectivity index (χ2n) is 10.2. The van der Waals surface area contributed by atoms with E-state index in [1.54, 1.807) is 11.3 Å². The molecule has 3 heterocycles. The molecule has 0 unspecified atom stereocenters. The molecule has 1 fully saturated rings. The number of amides is 1. The fourth-order valence-corrected chi connectivity index (χ4v) is 4.22. The summed E-state index contributed by atoms with van der Waals surface area (Å²) in [5.74, 6) is 1.55. The third-order valence-corrected chi connectivity index (χ3v) is 6.54. The lowest BCUT2D eigenvalue weighted by atomic mass is 9.96. The first-order chi connectivity index (χ1) is 14.0. The van der Waals surface area contributed by atoms with Crippen LogP contribution >= 0.6 is 11.3 Å². The normalized spacial score (nSPS) is 16.3. The van der Waals surface area contributed by atoms with E-state index in [4.69, 9.17) is 9.51 Å². The van der Waals surface area contributed by atoms with Crippen LogP contribution in [0.5, 0.6) is 0 Å². The van der Waals surface area contributed by atoms with Crippen molar-refractivity contribution in [3.05, 3.63) is 27.8 Å². The van der Waals surface area contributed by atoms with Crippen LogP contribution in [0.4, 0.5) is 0 Å². The maximum absolute atomic E-state index is 12.6. The summed E-state index contributed by atoms with van der Waals surface area (Å²) in [5, 5.41) is 7.39. The molecule has 1 saturated heterocycles. The van der Waals surface area contributed by atoms with Gasteiger partial charge in [0.05, 0.1) is 10.7 Å². The molecule has 0 spiro atoms. The molecular weight excluding hydrogens is 398 g/mol. The number of hydrogen-bond acceptors (Lipinski definition) is 7. The van der Waals surface area contributed by atoms with Crippen LogP contribution in [0.15, 0.2) is 9.90 Å². The van der Waals surface area contributed by atoms with Crippen LogP contribution in [0, 0.1) is 0 Å². The number of piperazine rings is 1. The van der Waals surface area contributed by atoms with Gasteiger partial charge >= 0.3 is 0 Å². The van der Waals surface area contributed by atoms with Crippen molar-refractivity contribution in [1.29, 1.82) is 0 Å². The standard InChI is InChI=1S/C22H35N5O2S/c1-21(2,3)19-24-17(29-25-19)8-7-9-18(28)27-12-10-26(11-13-27)14-16-15-30-20(23-16)22(4,5)6/h15H,7-14H2,1-6H3. The molecule has 0 N–H and O–H groups in total. The van der Waals surface area contributed by atoms with Gasteiger partial charge in [-0.2, -0.15) is 4.98 Å². The molecule has 1 aliphatic rings. The Kier molecular flexibility index (Phi) is 6.97. The molecule has 0 aliphatic carbocycles. The molecule has 1 aliphatic heterocycles. The molecule has 2 aromatic heterocycles. The molecular formula is C22H35N5O2S. The van der Waals surface area contributed by atoms with E-state index in [0.29, 0.717) is 18.7 Å². The molecule has 166 valence electrons. The van der Waals surface area contributed by atoms with Gasteiger partial charge in [0.2, 0.25) is 11.8 Å². The highest BCUT2D eigenvalue weighted by Crippen LogP contribution is 2.26. The highest BCUT2D eigenvalue weighted by atomic mass is 32.1. The highest BCUT2D eigenvalue weighted by Gasteiger charge is 2.24. The maximum atomic E-state index is 12.6. The fraction of sp³-hybridized carbons (Fsp3) is 0.727. The molecule has 3 rings (SSSR count). The summed E-state index contributed by atoms with van der Waals surface area (Å²) in [6.07, 6.45) is 1.90. The number of aromatic nitrogens is 3. The van der Waals surface area contributed by atoms with Gasteiger partial charge < -0.3 is 9.42 Å². The molecule has 0 atom stereocenters. The van der Waals surface area contributed by atoms with E-state index in [1.807, 2.05) is 4.90 Å². The smallest absolute Gasteiger partial charge is 0.226 e. The first-order valence-corrected chi connectivity index (χ1v) is 11.7. The molecule has 0 bridgehead atoms. The quantitative estimate of drug-likeness (QED) is 0.690. The zero-order valence-corrected chi connectivity index (χ0v) is 20.0. The molecule has 30 heavy (non-hydrogen) atoms. The van der Waals surface area contributed by atoms with Crippen LogP contribution in [0.1, 0.15) is 76.8 Å². The first kappa shape index (κ1) is 22.9. The number of carbonyl (C=O) groups excluding carboxylic acids is 1. The molecule has 0 saturated carbocycles. The van der Waals surface area contributed by atoms with Crippen LogP contribution in [0.3, 0.4) is 0 Å². The van der Waals surface area contributed by atoms with Gasteiger partial charge in [-0.1, -0.05) is 46.7 Å². The Morgan fingerprint density at radius 3 is 2.33 bits per heavy atom. The van der Waals surface area contributed by atoms with Gasteiger partial charge in [0.25, 0.3) is 0 Å². The van der Waals surface area contributed by atoms with E-state index in [2.05, 4.69) is 62.0 Å². The monoisotopic (exact) mass is 433 g/mol. The average Bonchev–Trinajstić information content (AvgIpc) is 3.31. The topological polar surface area (TPSA) is 75.4 Å². The molecule has 8 heteroatoms. The van der Waals surface area contributed by atoms with E-state index < -0.39 is 0 Å². The minimum Gasteiger partial charge on any atom is -0.340 e. The average molecular weight is 434 g/mol. The molecule has 2 aromatic rings. The van der Waals surface area contributed by atoms with E-state index >= 15 is 0 Å². The minimum absolute atomic E-state index is 0.101. The Morgan fingerprint density at radius 1 is 1.07 bits per heavy atom. The summed E-state index contributed by atoms with van der Waals surface area (Å²) in [5.41, 5.74) is 1.12. The van der Waals surface area contributed by atoms with Crippen LogP contribution in [0.25, 0.3) is 0 Å². The lowest BCUT2D eigenvalue weighted by molar-refractivity contribution is -0.133. The lowest BCUT2D eigenvalue weighted by Gasteiger charge is -2.34. The second kappa shape index (κ2) is 9.14. The molecule has 7 nitrogen and oxygen atoms in total. The third kappa shape index (κ3) is 6.11. The van der Waals surface area contributed by atoms with Gasteiger partial charge in [-0.25, -0.2) is 4.98 Å². The van der Waals surface area contributed by atoms with Crippen LogP contribution in [-0.4, -0.2) is 57.0 Å². The van der Waals surface area contributed by atoms with Crippen molar-refractivity contribution in [3.63, 3.8) is 0 Å². The number of nitrogens with zero attached hydrogens (tertiary/aromatic N) is 5. The predicted octanol–water partition coefficient (Wildman–Crippen LogP) is 3.79. The van der Waals surface area contributed by atoms with E-state index in [-0.39, 0.29) is 16.7 Å². The number of aryl methyl sites for hydroxylation is 1. The molecule has 0 aromatic carbocycles. The van der Waals surface area contributed by atoms with E-state index in [9.17, 15) is 4.79 Å². The van der Waals surface area contributed by atoms with Crippen molar-refractivity contribution in [3.8, 4) is 0 Å². The van der Waals surface area contributed by atoms with Gasteiger partial charge in [-0.3, -0.25) is 9.69 Å².